The van der Waals surface area contributed by atoms with Crippen molar-refractivity contribution in [3.63, 3.8) is 0 Å². The maximum absolute atomic E-state index is 13.1. The van der Waals surface area contributed by atoms with Crippen LogP contribution >= 0.6 is 23.5 Å². The number of aromatic nitrogens is 1. The third-order valence-corrected chi connectivity index (χ3v) is 7.66. The summed E-state index contributed by atoms with van der Waals surface area (Å²) in [6.07, 6.45) is 7.36. The summed E-state index contributed by atoms with van der Waals surface area (Å²) in [7, 11) is 0. The number of carbonyl (C=O) groups is 2. The lowest BCUT2D eigenvalue weighted by molar-refractivity contribution is -0.158. The average Bonchev–Trinajstić information content (AvgIpc) is 2.85. The van der Waals surface area contributed by atoms with Crippen LogP contribution in [-0.4, -0.2) is 67.1 Å². The van der Waals surface area contributed by atoms with E-state index in [-0.39, 0.29) is 29.8 Å². The number of thioether (sulfide) groups is 2. The van der Waals surface area contributed by atoms with Gasteiger partial charge in [0.25, 0.3) is 0 Å². The van der Waals surface area contributed by atoms with Crippen LogP contribution in [0.3, 0.4) is 0 Å². The van der Waals surface area contributed by atoms with E-state index in [9.17, 15) is 9.59 Å². The van der Waals surface area contributed by atoms with Crippen molar-refractivity contribution in [2.75, 3.05) is 37.9 Å². The summed E-state index contributed by atoms with van der Waals surface area (Å²) in [5.74, 6) is 0.788. The highest BCUT2D eigenvalue weighted by molar-refractivity contribution is 8.08. The van der Waals surface area contributed by atoms with Gasteiger partial charge in [0.05, 0.1) is 28.6 Å². The Bertz CT molecular complexity index is 767. The Hall–Kier alpha value is -1.23. The molecule has 0 aromatic carbocycles. The van der Waals surface area contributed by atoms with Crippen molar-refractivity contribution in [2.45, 2.75) is 51.1 Å². The maximum Gasteiger partial charge on any atom is 0.219 e. The lowest BCUT2D eigenvalue weighted by Gasteiger charge is -2.24. The van der Waals surface area contributed by atoms with Gasteiger partial charge in [0.2, 0.25) is 11.6 Å². The standard InChI is InChI=1S/C23H29NO6S2/c25-20-16-6-5-9-24-19(16)21(26)23(32-15-13-30-18-8-2-4-11-28-18)22(20)31-14-12-29-17-7-1-3-10-27-17/h5-6,9,17-18H,1-4,7-8,10-15H2. The minimum Gasteiger partial charge on any atom is -0.353 e. The molecule has 32 heavy (non-hydrogen) atoms. The molecule has 0 spiro atoms. The fourth-order valence-corrected chi connectivity index (χ4v) is 5.84. The van der Waals surface area contributed by atoms with Crippen LogP contribution in [0.4, 0.5) is 0 Å². The molecule has 0 N–H and O–H groups in total. The van der Waals surface area contributed by atoms with Crippen LogP contribution < -0.4 is 0 Å². The molecule has 0 bridgehead atoms. The molecule has 2 aliphatic heterocycles. The second-order valence-electron chi connectivity index (χ2n) is 7.75. The van der Waals surface area contributed by atoms with E-state index in [0.29, 0.717) is 40.1 Å². The predicted octanol–water partition coefficient (Wildman–Crippen LogP) is 4.23. The van der Waals surface area contributed by atoms with Crippen molar-refractivity contribution < 1.29 is 28.5 Å². The van der Waals surface area contributed by atoms with E-state index >= 15 is 0 Å². The zero-order valence-electron chi connectivity index (χ0n) is 18.1. The molecular formula is C23H29NO6S2. The zero-order chi connectivity index (χ0) is 22.2. The van der Waals surface area contributed by atoms with Gasteiger partial charge >= 0.3 is 0 Å². The minimum atomic E-state index is -0.196. The number of nitrogens with zero attached hydrogens (tertiary/aromatic N) is 1. The number of ether oxygens (including phenoxy) is 4. The molecule has 1 aromatic heterocycles. The van der Waals surface area contributed by atoms with Crippen molar-refractivity contribution in [1.82, 2.24) is 4.98 Å². The van der Waals surface area contributed by atoms with E-state index in [1.165, 1.54) is 23.5 Å². The molecule has 2 saturated heterocycles. The molecule has 7 nitrogen and oxygen atoms in total. The van der Waals surface area contributed by atoms with Crippen molar-refractivity contribution >= 4 is 35.1 Å². The lowest BCUT2D eigenvalue weighted by atomic mass is 10.00. The Labute approximate surface area is 197 Å². The lowest BCUT2D eigenvalue weighted by Crippen LogP contribution is -2.24. The van der Waals surface area contributed by atoms with E-state index in [1.54, 1.807) is 18.3 Å². The highest BCUT2D eigenvalue weighted by atomic mass is 32.2. The molecule has 0 saturated carbocycles. The number of hydrogen-bond acceptors (Lipinski definition) is 9. The predicted molar refractivity (Wildman–Crippen MR) is 124 cm³/mol. The van der Waals surface area contributed by atoms with E-state index in [1.807, 2.05) is 0 Å². The first kappa shape index (κ1) is 23.9. The number of rotatable bonds is 10. The summed E-state index contributed by atoms with van der Waals surface area (Å²) in [6.45, 7) is 2.37. The first-order valence-corrected chi connectivity index (χ1v) is 13.2. The van der Waals surface area contributed by atoms with Crippen LogP contribution in [0.2, 0.25) is 0 Å². The molecule has 2 unspecified atom stereocenters. The van der Waals surface area contributed by atoms with Gasteiger partial charge in [-0.05, 0) is 50.7 Å². The van der Waals surface area contributed by atoms with Gasteiger partial charge in [-0.25, -0.2) is 0 Å². The molecule has 0 amide bonds. The maximum atomic E-state index is 13.1. The Balaban J connectivity index is 1.37. The molecule has 1 aliphatic carbocycles. The fraction of sp³-hybridized carbons (Fsp3) is 0.609. The number of allylic oxidation sites excluding steroid dienone is 2. The topological polar surface area (TPSA) is 84.0 Å². The van der Waals surface area contributed by atoms with Crippen LogP contribution in [0.1, 0.15) is 59.4 Å². The minimum absolute atomic E-state index is 0.148. The van der Waals surface area contributed by atoms with E-state index in [4.69, 9.17) is 18.9 Å². The molecule has 174 valence electrons. The number of fused-ring (bicyclic) bond motifs is 1. The van der Waals surface area contributed by atoms with Crippen molar-refractivity contribution in [3.05, 3.63) is 39.4 Å². The SMILES string of the molecule is O=C1C(SCCOC2CCCCO2)=C(SCCOC2CCCCO2)C(=O)c2ncccc21. The molecule has 3 heterocycles. The molecule has 0 radical (unpaired) electrons. The number of pyridine rings is 1. The van der Waals surface area contributed by atoms with Crippen LogP contribution in [0, 0.1) is 0 Å². The van der Waals surface area contributed by atoms with E-state index in [2.05, 4.69) is 4.98 Å². The van der Waals surface area contributed by atoms with Crippen molar-refractivity contribution in [1.29, 1.82) is 0 Å². The largest absolute Gasteiger partial charge is 0.353 e. The van der Waals surface area contributed by atoms with Crippen molar-refractivity contribution in [3.8, 4) is 0 Å². The summed E-state index contributed by atoms with van der Waals surface area (Å²) >= 11 is 2.73. The third-order valence-electron chi connectivity index (χ3n) is 5.43. The number of Topliss-reactive ketones (excluding diaryl/α,β-unsaturated/α-hetero) is 2. The highest BCUT2D eigenvalue weighted by Crippen LogP contribution is 2.37. The van der Waals surface area contributed by atoms with E-state index in [0.717, 1.165) is 51.7 Å². The Morgan fingerprint density at radius 2 is 1.47 bits per heavy atom. The van der Waals surface area contributed by atoms with Gasteiger partial charge in [-0.15, -0.1) is 23.5 Å². The van der Waals surface area contributed by atoms with Crippen molar-refractivity contribution in [2.24, 2.45) is 0 Å². The highest BCUT2D eigenvalue weighted by Gasteiger charge is 2.33. The normalized spacial score (nSPS) is 24.0. The fourth-order valence-electron chi connectivity index (χ4n) is 3.80. The number of hydrogen-bond donors (Lipinski definition) is 0. The number of ketones is 2. The summed E-state index contributed by atoms with van der Waals surface area (Å²) in [6, 6.07) is 3.35. The first-order valence-electron chi connectivity index (χ1n) is 11.2. The monoisotopic (exact) mass is 479 g/mol. The van der Waals surface area contributed by atoms with Crippen LogP contribution in [-0.2, 0) is 18.9 Å². The molecule has 4 rings (SSSR count). The van der Waals surface area contributed by atoms with Crippen LogP contribution in [0.25, 0.3) is 0 Å². The molecule has 3 aliphatic rings. The summed E-state index contributed by atoms with van der Waals surface area (Å²) < 4.78 is 22.8. The van der Waals surface area contributed by atoms with Crippen LogP contribution in [0.5, 0.6) is 0 Å². The van der Waals surface area contributed by atoms with Gasteiger partial charge in [0.15, 0.2) is 12.6 Å². The second-order valence-corrected chi connectivity index (χ2v) is 9.96. The van der Waals surface area contributed by atoms with Gasteiger partial charge in [-0.3, -0.25) is 14.6 Å². The Morgan fingerprint density at radius 1 is 0.875 bits per heavy atom. The van der Waals surface area contributed by atoms with Gasteiger partial charge in [-0.2, -0.15) is 0 Å². The van der Waals surface area contributed by atoms with Gasteiger partial charge in [-0.1, -0.05) is 0 Å². The molecule has 2 atom stereocenters. The molecular weight excluding hydrogens is 450 g/mol. The smallest absolute Gasteiger partial charge is 0.219 e. The Morgan fingerprint density at radius 3 is 2.03 bits per heavy atom. The molecule has 1 aromatic rings. The second kappa shape index (κ2) is 12.3. The van der Waals surface area contributed by atoms with Gasteiger partial charge in [0.1, 0.15) is 5.69 Å². The summed E-state index contributed by atoms with van der Waals surface area (Å²) in [5, 5.41) is 0. The summed E-state index contributed by atoms with van der Waals surface area (Å²) in [4.78, 5) is 31.4. The molecule has 9 heteroatoms. The van der Waals surface area contributed by atoms with Gasteiger partial charge < -0.3 is 18.9 Å². The Kier molecular flexibility index (Phi) is 9.19. The zero-order valence-corrected chi connectivity index (χ0v) is 19.7. The summed E-state index contributed by atoms with van der Waals surface area (Å²) in [5.41, 5.74) is 0.598. The first-order chi connectivity index (χ1) is 15.7. The third kappa shape index (κ3) is 6.21. The number of carbonyl (C=O) groups excluding carboxylic acids is 2. The van der Waals surface area contributed by atoms with Gasteiger partial charge in [0, 0.05) is 30.9 Å². The van der Waals surface area contributed by atoms with E-state index < -0.39 is 0 Å². The average molecular weight is 480 g/mol. The van der Waals surface area contributed by atoms with Crippen LogP contribution in [0.15, 0.2) is 28.1 Å². The molecule has 2 fully saturated rings. The quantitative estimate of drug-likeness (QED) is 0.458.